The normalized spacial score (nSPS) is 10.4. The molecule has 0 aliphatic carbocycles. The molecular weight excluding hydrogens is 172 g/mol. The van der Waals surface area contributed by atoms with Crippen LogP contribution in [0, 0.1) is 5.92 Å². The zero-order chi connectivity index (χ0) is 9.84. The first-order chi connectivity index (χ1) is 6.09. The van der Waals surface area contributed by atoms with Crippen molar-refractivity contribution in [2.24, 2.45) is 5.92 Å². The van der Waals surface area contributed by atoms with Crippen LogP contribution in [0.1, 0.15) is 24.3 Å². The van der Waals surface area contributed by atoms with Crippen molar-refractivity contribution in [1.29, 1.82) is 0 Å². The molecule has 5 nitrogen and oxygen atoms in total. The number of nitrogens with one attached hydrogen (secondary N) is 1. The van der Waals surface area contributed by atoms with E-state index in [1.807, 2.05) is 13.8 Å². The standard InChI is InChI=1S/C8H11N2O3/c1-5(2)4-9-8(12)6-3-7(11)13-10-6/h3,5H,4H2,1-2H3,(H,9,12). The summed E-state index contributed by atoms with van der Waals surface area (Å²) >= 11 is 0. The first-order valence-electron chi connectivity index (χ1n) is 4.01. The summed E-state index contributed by atoms with van der Waals surface area (Å²) in [6.07, 6.45) is 0. The van der Waals surface area contributed by atoms with Crippen molar-refractivity contribution in [2.75, 3.05) is 6.54 Å². The first kappa shape index (κ1) is 9.57. The summed E-state index contributed by atoms with van der Waals surface area (Å²) in [5.74, 6) is -0.614. The SMILES string of the molecule is CC(C)CNC(=O)c1cc([O])on1. The summed E-state index contributed by atoms with van der Waals surface area (Å²) in [5.41, 5.74) is 0.0330. The lowest BCUT2D eigenvalue weighted by atomic mass is 10.2. The highest BCUT2D eigenvalue weighted by Crippen LogP contribution is 2.09. The van der Waals surface area contributed by atoms with E-state index in [0.717, 1.165) is 6.07 Å². The highest BCUT2D eigenvalue weighted by atomic mass is 16.5. The Morgan fingerprint density at radius 1 is 1.69 bits per heavy atom. The van der Waals surface area contributed by atoms with Gasteiger partial charge in [-0.3, -0.25) is 4.79 Å². The maximum Gasteiger partial charge on any atom is 0.361 e. The van der Waals surface area contributed by atoms with Crippen LogP contribution in [-0.2, 0) is 5.11 Å². The van der Waals surface area contributed by atoms with Gasteiger partial charge in [0.25, 0.3) is 5.91 Å². The van der Waals surface area contributed by atoms with Crippen molar-refractivity contribution in [3.63, 3.8) is 0 Å². The number of hydrogen-bond acceptors (Lipinski definition) is 3. The molecule has 0 aliphatic rings. The van der Waals surface area contributed by atoms with Crippen LogP contribution in [0.3, 0.4) is 0 Å². The minimum Gasteiger partial charge on any atom is -0.350 e. The zero-order valence-corrected chi connectivity index (χ0v) is 7.53. The molecule has 0 spiro atoms. The van der Waals surface area contributed by atoms with Gasteiger partial charge in [-0.25, -0.2) is 5.11 Å². The Balaban J connectivity index is 2.49. The quantitative estimate of drug-likeness (QED) is 0.765. The fraction of sp³-hybridized carbons (Fsp3) is 0.500. The number of aromatic nitrogens is 1. The van der Waals surface area contributed by atoms with Crippen molar-refractivity contribution < 1.29 is 14.4 Å². The molecule has 1 aromatic heterocycles. The monoisotopic (exact) mass is 183 g/mol. The van der Waals surface area contributed by atoms with Gasteiger partial charge >= 0.3 is 5.95 Å². The molecule has 71 valence electrons. The number of carbonyl (C=O) groups is 1. The summed E-state index contributed by atoms with van der Waals surface area (Å²) in [6, 6.07) is 1.07. The number of amides is 1. The Morgan fingerprint density at radius 2 is 2.38 bits per heavy atom. The van der Waals surface area contributed by atoms with E-state index in [9.17, 15) is 9.90 Å². The van der Waals surface area contributed by atoms with Crippen molar-refractivity contribution >= 4 is 5.91 Å². The third-order valence-corrected chi connectivity index (χ3v) is 1.39. The van der Waals surface area contributed by atoms with E-state index in [1.165, 1.54) is 0 Å². The molecule has 0 saturated heterocycles. The zero-order valence-electron chi connectivity index (χ0n) is 7.53. The molecule has 1 rings (SSSR count). The molecule has 1 radical (unpaired) electrons. The Bertz CT molecular complexity index is 293. The van der Waals surface area contributed by atoms with E-state index < -0.39 is 5.95 Å². The Morgan fingerprint density at radius 3 is 2.85 bits per heavy atom. The Hall–Kier alpha value is -1.52. The van der Waals surface area contributed by atoms with Gasteiger partial charge in [-0.05, 0) is 5.92 Å². The van der Waals surface area contributed by atoms with Crippen molar-refractivity contribution in [3.05, 3.63) is 11.8 Å². The molecule has 1 N–H and O–H groups in total. The minimum atomic E-state index is -0.602. The molecule has 0 aliphatic heterocycles. The fourth-order valence-corrected chi connectivity index (χ4v) is 0.753. The van der Waals surface area contributed by atoms with Gasteiger partial charge in [0.2, 0.25) is 0 Å². The lowest BCUT2D eigenvalue weighted by Crippen LogP contribution is -2.27. The molecule has 13 heavy (non-hydrogen) atoms. The van der Waals surface area contributed by atoms with Crippen molar-refractivity contribution in [2.45, 2.75) is 13.8 Å². The van der Waals surface area contributed by atoms with Crippen LogP contribution in [0.2, 0.25) is 0 Å². The largest absolute Gasteiger partial charge is 0.361 e. The van der Waals surface area contributed by atoms with Crippen LogP contribution in [0.25, 0.3) is 0 Å². The maximum absolute atomic E-state index is 11.2. The van der Waals surface area contributed by atoms with Gasteiger partial charge in [0.05, 0.1) is 6.07 Å². The predicted octanol–water partition coefficient (Wildman–Crippen LogP) is 1.20. The van der Waals surface area contributed by atoms with E-state index in [0.29, 0.717) is 12.5 Å². The van der Waals surface area contributed by atoms with E-state index >= 15 is 0 Å². The van der Waals surface area contributed by atoms with Gasteiger partial charge < -0.3 is 9.84 Å². The Kier molecular flexibility index (Phi) is 2.89. The van der Waals surface area contributed by atoms with Crippen LogP contribution < -0.4 is 5.32 Å². The van der Waals surface area contributed by atoms with Crippen LogP contribution >= 0.6 is 0 Å². The van der Waals surface area contributed by atoms with Gasteiger partial charge in [-0.15, -0.1) is 0 Å². The van der Waals surface area contributed by atoms with Gasteiger partial charge in [-0.1, -0.05) is 19.0 Å². The third kappa shape index (κ3) is 2.77. The molecule has 0 atom stereocenters. The summed E-state index contributed by atoms with van der Waals surface area (Å²) in [6.45, 7) is 4.50. The third-order valence-electron chi connectivity index (χ3n) is 1.39. The van der Waals surface area contributed by atoms with Crippen LogP contribution in [0.4, 0.5) is 0 Å². The average Bonchev–Trinajstić information content (AvgIpc) is 2.47. The molecule has 1 heterocycles. The molecular formula is C8H11N2O3. The number of hydrogen-bond donors (Lipinski definition) is 1. The predicted molar refractivity (Wildman–Crippen MR) is 43.8 cm³/mol. The number of rotatable bonds is 3. The molecule has 0 saturated carbocycles. The van der Waals surface area contributed by atoms with E-state index in [-0.39, 0.29) is 11.6 Å². The lowest BCUT2D eigenvalue weighted by Gasteiger charge is -2.04. The summed E-state index contributed by atoms with van der Waals surface area (Å²) in [7, 11) is 0. The number of carbonyl (C=O) groups excluding carboxylic acids is 1. The van der Waals surface area contributed by atoms with Gasteiger partial charge in [-0.2, -0.15) is 0 Å². The summed E-state index contributed by atoms with van der Waals surface area (Å²) in [4.78, 5) is 11.2. The molecule has 0 aromatic carbocycles. The van der Waals surface area contributed by atoms with Gasteiger partial charge in [0, 0.05) is 6.54 Å². The minimum absolute atomic E-state index is 0.0330. The number of nitrogens with zero attached hydrogens (tertiary/aromatic N) is 1. The maximum atomic E-state index is 11.2. The second-order valence-electron chi connectivity index (χ2n) is 3.14. The molecule has 0 fully saturated rings. The highest BCUT2D eigenvalue weighted by molar-refractivity contribution is 5.92. The molecule has 5 heteroatoms. The van der Waals surface area contributed by atoms with Crippen LogP contribution in [-0.4, -0.2) is 17.6 Å². The second-order valence-corrected chi connectivity index (χ2v) is 3.14. The van der Waals surface area contributed by atoms with Gasteiger partial charge in [0.15, 0.2) is 5.69 Å². The van der Waals surface area contributed by atoms with Crippen LogP contribution in [0.15, 0.2) is 10.6 Å². The molecule has 0 unspecified atom stereocenters. The van der Waals surface area contributed by atoms with Crippen molar-refractivity contribution in [1.82, 2.24) is 10.5 Å². The molecule has 1 aromatic rings. The van der Waals surface area contributed by atoms with E-state index in [2.05, 4.69) is 15.0 Å². The molecule has 0 bridgehead atoms. The Labute approximate surface area is 75.7 Å². The van der Waals surface area contributed by atoms with E-state index in [4.69, 9.17) is 0 Å². The van der Waals surface area contributed by atoms with E-state index in [1.54, 1.807) is 0 Å². The first-order valence-corrected chi connectivity index (χ1v) is 4.01. The summed E-state index contributed by atoms with van der Waals surface area (Å²) in [5, 5.41) is 16.4. The highest BCUT2D eigenvalue weighted by Gasteiger charge is 2.12. The van der Waals surface area contributed by atoms with Crippen LogP contribution in [0.5, 0.6) is 5.95 Å². The topological polar surface area (TPSA) is 75.0 Å². The lowest BCUT2D eigenvalue weighted by molar-refractivity contribution is 0.0939. The summed E-state index contributed by atoms with van der Waals surface area (Å²) < 4.78 is 4.23. The average molecular weight is 183 g/mol. The van der Waals surface area contributed by atoms with Gasteiger partial charge in [0.1, 0.15) is 0 Å². The smallest absolute Gasteiger partial charge is 0.350 e. The second kappa shape index (κ2) is 3.93. The van der Waals surface area contributed by atoms with Crippen molar-refractivity contribution in [3.8, 4) is 5.95 Å². The fourth-order valence-electron chi connectivity index (χ4n) is 0.753. The molecule has 1 amide bonds.